The van der Waals surface area contributed by atoms with E-state index >= 15 is 0 Å². The third-order valence-electron chi connectivity index (χ3n) is 3.20. The normalized spacial score (nSPS) is 20.2. The Morgan fingerprint density at radius 3 is 3.06 bits per heavy atom. The number of methoxy groups -OCH3 is 1. The Labute approximate surface area is 103 Å². The van der Waals surface area contributed by atoms with Crippen LogP contribution in [0.15, 0.2) is 24.3 Å². The van der Waals surface area contributed by atoms with E-state index in [0.29, 0.717) is 5.92 Å². The van der Waals surface area contributed by atoms with Gasteiger partial charge in [0.05, 0.1) is 13.7 Å². The summed E-state index contributed by atoms with van der Waals surface area (Å²) in [7, 11) is 1.72. The Morgan fingerprint density at radius 2 is 2.29 bits per heavy atom. The molecule has 1 heterocycles. The predicted octanol–water partition coefficient (Wildman–Crippen LogP) is 2.21. The topological polar surface area (TPSA) is 30.5 Å². The lowest BCUT2D eigenvalue weighted by atomic mass is 10.0. The number of hydrogen-bond donors (Lipinski definition) is 1. The van der Waals surface area contributed by atoms with E-state index in [1.807, 2.05) is 18.2 Å². The Kier molecular flexibility index (Phi) is 4.83. The molecule has 0 aromatic heterocycles. The maximum atomic E-state index is 5.47. The van der Waals surface area contributed by atoms with Crippen molar-refractivity contribution in [1.29, 1.82) is 0 Å². The SMILES string of the molecule is COc1ccccc1CNCC1CCCOC1. The highest BCUT2D eigenvalue weighted by atomic mass is 16.5. The molecule has 1 unspecified atom stereocenters. The molecular formula is C14H21NO2. The predicted molar refractivity (Wildman–Crippen MR) is 68.2 cm³/mol. The molecule has 94 valence electrons. The van der Waals surface area contributed by atoms with Crippen LogP contribution in [0, 0.1) is 5.92 Å². The fourth-order valence-electron chi connectivity index (χ4n) is 2.23. The van der Waals surface area contributed by atoms with Crippen LogP contribution in [0.3, 0.4) is 0 Å². The quantitative estimate of drug-likeness (QED) is 0.848. The molecule has 1 aromatic carbocycles. The second-order valence-electron chi connectivity index (χ2n) is 4.53. The molecule has 0 amide bonds. The van der Waals surface area contributed by atoms with Crippen LogP contribution in [0.5, 0.6) is 5.75 Å². The molecule has 3 heteroatoms. The summed E-state index contributed by atoms with van der Waals surface area (Å²) in [6, 6.07) is 8.14. The van der Waals surface area contributed by atoms with E-state index in [9.17, 15) is 0 Å². The van der Waals surface area contributed by atoms with Gasteiger partial charge in [0.1, 0.15) is 5.75 Å². The number of hydrogen-bond acceptors (Lipinski definition) is 3. The molecule has 1 saturated heterocycles. The van der Waals surface area contributed by atoms with Crippen molar-refractivity contribution in [3.63, 3.8) is 0 Å². The molecule has 0 radical (unpaired) electrons. The molecule has 1 fully saturated rings. The van der Waals surface area contributed by atoms with Crippen molar-refractivity contribution < 1.29 is 9.47 Å². The molecule has 0 aliphatic carbocycles. The standard InChI is InChI=1S/C14H21NO2/c1-16-14-7-3-2-6-13(14)10-15-9-12-5-4-8-17-11-12/h2-3,6-7,12,15H,4-5,8-11H2,1H3. The molecule has 1 aromatic rings. The molecule has 0 spiro atoms. The number of para-hydroxylation sites is 1. The van der Waals surface area contributed by atoms with E-state index < -0.39 is 0 Å². The first-order valence-corrected chi connectivity index (χ1v) is 6.30. The summed E-state index contributed by atoms with van der Waals surface area (Å²) in [6.07, 6.45) is 2.47. The van der Waals surface area contributed by atoms with Crippen LogP contribution in [0.2, 0.25) is 0 Å². The first kappa shape index (κ1) is 12.4. The molecule has 3 nitrogen and oxygen atoms in total. The second kappa shape index (κ2) is 6.62. The Hall–Kier alpha value is -1.06. The lowest BCUT2D eigenvalue weighted by Gasteiger charge is -2.22. The summed E-state index contributed by atoms with van der Waals surface area (Å²) < 4.78 is 10.8. The van der Waals surface area contributed by atoms with Gasteiger partial charge >= 0.3 is 0 Å². The summed E-state index contributed by atoms with van der Waals surface area (Å²) in [5, 5.41) is 3.49. The number of ether oxygens (including phenoxy) is 2. The molecule has 0 bridgehead atoms. The van der Waals surface area contributed by atoms with Gasteiger partial charge in [-0.3, -0.25) is 0 Å². The monoisotopic (exact) mass is 235 g/mol. The highest BCUT2D eigenvalue weighted by molar-refractivity contribution is 5.32. The van der Waals surface area contributed by atoms with Crippen LogP contribution in [0.1, 0.15) is 18.4 Å². The van der Waals surface area contributed by atoms with Crippen molar-refractivity contribution in [2.24, 2.45) is 5.92 Å². The van der Waals surface area contributed by atoms with Crippen LogP contribution in [-0.4, -0.2) is 26.9 Å². The highest BCUT2D eigenvalue weighted by Gasteiger charge is 2.13. The molecule has 1 aliphatic heterocycles. The summed E-state index contributed by atoms with van der Waals surface area (Å²) >= 11 is 0. The first-order chi connectivity index (χ1) is 8.40. The Morgan fingerprint density at radius 1 is 1.41 bits per heavy atom. The van der Waals surface area contributed by atoms with E-state index in [0.717, 1.165) is 32.1 Å². The number of nitrogens with one attached hydrogen (secondary N) is 1. The van der Waals surface area contributed by atoms with E-state index in [2.05, 4.69) is 11.4 Å². The van der Waals surface area contributed by atoms with Gasteiger partial charge in [-0.2, -0.15) is 0 Å². The van der Waals surface area contributed by atoms with E-state index in [1.165, 1.54) is 18.4 Å². The van der Waals surface area contributed by atoms with Gasteiger partial charge in [0.2, 0.25) is 0 Å². The van der Waals surface area contributed by atoms with Gasteiger partial charge in [0, 0.05) is 25.3 Å². The molecule has 1 atom stereocenters. The summed E-state index contributed by atoms with van der Waals surface area (Å²) in [4.78, 5) is 0. The van der Waals surface area contributed by atoms with Crippen LogP contribution in [-0.2, 0) is 11.3 Å². The smallest absolute Gasteiger partial charge is 0.123 e. The highest BCUT2D eigenvalue weighted by Crippen LogP contribution is 2.17. The van der Waals surface area contributed by atoms with Gasteiger partial charge in [0.25, 0.3) is 0 Å². The van der Waals surface area contributed by atoms with Gasteiger partial charge < -0.3 is 14.8 Å². The minimum absolute atomic E-state index is 0.665. The minimum Gasteiger partial charge on any atom is -0.496 e. The van der Waals surface area contributed by atoms with E-state index in [4.69, 9.17) is 9.47 Å². The zero-order chi connectivity index (χ0) is 11.9. The lowest BCUT2D eigenvalue weighted by molar-refractivity contribution is 0.0547. The molecule has 1 N–H and O–H groups in total. The van der Waals surface area contributed by atoms with E-state index in [1.54, 1.807) is 7.11 Å². The first-order valence-electron chi connectivity index (χ1n) is 6.30. The minimum atomic E-state index is 0.665. The van der Waals surface area contributed by atoms with Crippen molar-refractivity contribution in [1.82, 2.24) is 5.32 Å². The summed E-state index contributed by atoms with van der Waals surface area (Å²) in [6.45, 7) is 3.72. The van der Waals surface area contributed by atoms with E-state index in [-0.39, 0.29) is 0 Å². The van der Waals surface area contributed by atoms with Crippen molar-refractivity contribution in [3.05, 3.63) is 29.8 Å². The second-order valence-corrected chi connectivity index (χ2v) is 4.53. The summed E-state index contributed by atoms with van der Waals surface area (Å²) in [5.41, 5.74) is 1.21. The maximum absolute atomic E-state index is 5.47. The van der Waals surface area contributed by atoms with Crippen LogP contribution < -0.4 is 10.1 Å². The third kappa shape index (κ3) is 3.72. The van der Waals surface area contributed by atoms with Gasteiger partial charge in [-0.1, -0.05) is 18.2 Å². The largest absolute Gasteiger partial charge is 0.496 e. The fraction of sp³-hybridized carbons (Fsp3) is 0.571. The maximum Gasteiger partial charge on any atom is 0.123 e. The average molecular weight is 235 g/mol. The van der Waals surface area contributed by atoms with Crippen molar-refractivity contribution in [2.45, 2.75) is 19.4 Å². The Balaban J connectivity index is 1.77. The molecule has 2 rings (SSSR count). The number of rotatable bonds is 5. The molecule has 0 saturated carbocycles. The van der Waals surface area contributed by atoms with Crippen LogP contribution in [0.4, 0.5) is 0 Å². The van der Waals surface area contributed by atoms with Gasteiger partial charge in [-0.25, -0.2) is 0 Å². The van der Waals surface area contributed by atoms with Crippen LogP contribution in [0.25, 0.3) is 0 Å². The Bertz CT molecular complexity index is 335. The lowest BCUT2D eigenvalue weighted by Crippen LogP contribution is -2.28. The fourth-order valence-corrected chi connectivity index (χ4v) is 2.23. The van der Waals surface area contributed by atoms with Gasteiger partial charge in [0.15, 0.2) is 0 Å². The van der Waals surface area contributed by atoms with Crippen molar-refractivity contribution >= 4 is 0 Å². The average Bonchev–Trinajstić information content (AvgIpc) is 2.40. The van der Waals surface area contributed by atoms with Gasteiger partial charge in [-0.05, 0) is 24.8 Å². The zero-order valence-electron chi connectivity index (χ0n) is 10.4. The molecule has 1 aliphatic rings. The summed E-state index contributed by atoms with van der Waals surface area (Å²) in [5.74, 6) is 1.62. The van der Waals surface area contributed by atoms with Crippen molar-refractivity contribution in [3.8, 4) is 5.75 Å². The number of benzene rings is 1. The zero-order valence-corrected chi connectivity index (χ0v) is 10.4. The van der Waals surface area contributed by atoms with Crippen LogP contribution >= 0.6 is 0 Å². The van der Waals surface area contributed by atoms with Crippen molar-refractivity contribution in [2.75, 3.05) is 26.9 Å². The third-order valence-corrected chi connectivity index (χ3v) is 3.20. The molecule has 17 heavy (non-hydrogen) atoms. The van der Waals surface area contributed by atoms with Gasteiger partial charge in [-0.15, -0.1) is 0 Å². The molecular weight excluding hydrogens is 214 g/mol.